The molecule has 1 aromatic carbocycles. The maximum Gasteiger partial charge on any atom is 0.111 e. The number of aromatic nitrogens is 3. The van der Waals surface area contributed by atoms with Crippen LogP contribution in [0, 0.1) is 6.92 Å². The SMILES string of the molecule is Cc1ccccc1C(C)n1c(CCCl)nc2cnccc21. The van der Waals surface area contributed by atoms with Crippen LogP contribution in [0.25, 0.3) is 11.0 Å². The van der Waals surface area contributed by atoms with E-state index in [4.69, 9.17) is 16.6 Å². The van der Waals surface area contributed by atoms with Crippen molar-refractivity contribution in [1.82, 2.24) is 14.5 Å². The predicted molar refractivity (Wildman–Crippen MR) is 86.9 cm³/mol. The van der Waals surface area contributed by atoms with Crippen LogP contribution in [0.4, 0.5) is 0 Å². The summed E-state index contributed by atoms with van der Waals surface area (Å²) in [4.78, 5) is 8.86. The van der Waals surface area contributed by atoms with Crippen molar-refractivity contribution in [2.45, 2.75) is 26.3 Å². The molecule has 0 bridgehead atoms. The molecule has 0 fully saturated rings. The summed E-state index contributed by atoms with van der Waals surface area (Å²) in [5, 5.41) is 0. The van der Waals surface area contributed by atoms with Crippen molar-refractivity contribution in [3.63, 3.8) is 0 Å². The van der Waals surface area contributed by atoms with E-state index in [0.717, 1.165) is 23.3 Å². The van der Waals surface area contributed by atoms with Crippen molar-refractivity contribution < 1.29 is 0 Å². The molecule has 2 heterocycles. The molecule has 21 heavy (non-hydrogen) atoms. The van der Waals surface area contributed by atoms with E-state index in [0.29, 0.717) is 5.88 Å². The second-order valence-corrected chi connectivity index (χ2v) is 5.61. The van der Waals surface area contributed by atoms with Crippen molar-refractivity contribution >= 4 is 22.6 Å². The highest BCUT2D eigenvalue weighted by atomic mass is 35.5. The Labute approximate surface area is 129 Å². The number of hydrogen-bond donors (Lipinski definition) is 0. The van der Waals surface area contributed by atoms with Gasteiger partial charge in [0, 0.05) is 18.5 Å². The summed E-state index contributed by atoms with van der Waals surface area (Å²) >= 11 is 5.95. The van der Waals surface area contributed by atoms with Crippen LogP contribution in [-0.4, -0.2) is 20.4 Å². The van der Waals surface area contributed by atoms with Gasteiger partial charge in [-0.25, -0.2) is 4.98 Å². The fraction of sp³-hybridized carbons (Fsp3) is 0.294. The van der Waals surface area contributed by atoms with Crippen LogP contribution in [0.2, 0.25) is 0 Å². The third-order valence-corrected chi connectivity index (χ3v) is 4.10. The number of fused-ring (bicyclic) bond motifs is 1. The van der Waals surface area contributed by atoms with Crippen molar-refractivity contribution in [2.24, 2.45) is 0 Å². The molecule has 2 aromatic heterocycles. The van der Waals surface area contributed by atoms with E-state index in [1.54, 1.807) is 0 Å². The Morgan fingerprint density at radius 2 is 2.05 bits per heavy atom. The topological polar surface area (TPSA) is 30.7 Å². The maximum absolute atomic E-state index is 5.95. The molecule has 0 amide bonds. The lowest BCUT2D eigenvalue weighted by molar-refractivity contribution is 0.620. The van der Waals surface area contributed by atoms with Crippen molar-refractivity contribution in [1.29, 1.82) is 0 Å². The Morgan fingerprint density at radius 3 is 2.81 bits per heavy atom. The Morgan fingerprint density at radius 1 is 1.24 bits per heavy atom. The number of pyridine rings is 1. The van der Waals surface area contributed by atoms with Gasteiger partial charge < -0.3 is 4.57 Å². The molecule has 108 valence electrons. The van der Waals surface area contributed by atoms with Gasteiger partial charge in [-0.2, -0.15) is 0 Å². The molecule has 1 atom stereocenters. The highest BCUT2D eigenvalue weighted by Gasteiger charge is 2.18. The molecule has 0 aliphatic rings. The van der Waals surface area contributed by atoms with Crippen LogP contribution in [0.1, 0.15) is 29.9 Å². The first kappa shape index (κ1) is 14.1. The number of alkyl halides is 1. The molecule has 1 unspecified atom stereocenters. The van der Waals surface area contributed by atoms with Gasteiger partial charge in [0.05, 0.1) is 17.8 Å². The molecule has 0 radical (unpaired) electrons. The van der Waals surface area contributed by atoms with E-state index in [1.165, 1.54) is 11.1 Å². The average molecular weight is 300 g/mol. The van der Waals surface area contributed by atoms with Gasteiger partial charge in [-0.3, -0.25) is 4.98 Å². The van der Waals surface area contributed by atoms with E-state index in [1.807, 2.05) is 18.5 Å². The summed E-state index contributed by atoms with van der Waals surface area (Å²) in [5.74, 6) is 1.58. The summed E-state index contributed by atoms with van der Waals surface area (Å²) in [6, 6.07) is 10.7. The van der Waals surface area contributed by atoms with Crippen molar-refractivity contribution in [2.75, 3.05) is 5.88 Å². The minimum Gasteiger partial charge on any atom is -0.320 e. The molecule has 0 aliphatic carbocycles. The highest BCUT2D eigenvalue weighted by Crippen LogP contribution is 2.27. The van der Waals surface area contributed by atoms with E-state index in [-0.39, 0.29) is 6.04 Å². The number of benzene rings is 1. The van der Waals surface area contributed by atoms with Crippen LogP contribution in [-0.2, 0) is 6.42 Å². The zero-order valence-corrected chi connectivity index (χ0v) is 13.0. The summed E-state index contributed by atoms with van der Waals surface area (Å²) in [5.41, 5.74) is 4.64. The lowest BCUT2D eigenvalue weighted by atomic mass is 10.0. The first-order chi connectivity index (χ1) is 10.2. The standard InChI is InChI=1S/C17H18ClN3/c1-12-5-3-4-6-14(12)13(2)21-16-8-10-19-11-15(16)20-17(21)7-9-18/h3-6,8,10-11,13H,7,9H2,1-2H3. The number of rotatable bonds is 4. The zero-order valence-electron chi connectivity index (χ0n) is 12.3. The molecule has 0 spiro atoms. The minimum absolute atomic E-state index is 0.219. The first-order valence-corrected chi connectivity index (χ1v) is 7.68. The van der Waals surface area contributed by atoms with Gasteiger partial charge in [0.25, 0.3) is 0 Å². The number of imidazole rings is 1. The smallest absolute Gasteiger partial charge is 0.111 e. The van der Waals surface area contributed by atoms with Gasteiger partial charge in [0.1, 0.15) is 11.3 Å². The van der Waals surface area contributed by atoms with Crippen molar-refractivity contribution in [3.05, 3.63) is 59.7 Å². The number of halogens is 1. The normalized spacial score (nSPS) is 12.7. The molecule has 0 aliphatic heterocycles. The number of hydrogen-bond acceptors (Lipinski definition) is 2. The second-order valence-electron chi connectivity index (χ2n) is 5.23. The summed E-state index contributed by atoms with van der Waals surface area (Å²) in [7, 11) is 0. The molecule has 0 saturated heterocycles. The van der Waals surface area contributed by atoms with E-state index in [2.05, 4.69) is 47.7 Å². The summed E-state index contributed by atoms with van der Waals surface area (Å²) in [6.45, 7) is 4.36. The molecule has 0 saturated carbocycles. The van der Waals surface area contributed by atoms with Crippen LogP contribution in [0.15, 0.2) is 42.7 Å². The third kappa shape index (κ3) is 2.54. The zero-order chi connectivity index (χ0) is 14.8. The van der Waals surface area contributed by atoms with Crippen LogP contribution in [0.3, 0.4) is 0 Å². The van der Waals surface area contributed by atoms with E-state index in [9.17, 15) is 0 Å². The molecule has 3 nitrogen and oxygen atoms in total. The predicted octanol–water partition coefficient (Wildman–Crippen LogP) is 4.13. The maximum atomic E-state index is 5.95. The minimum atomic E-state index is 0.219. The number of nitrogens with zero attached hydrogens (tertiary/aromatic N) is 3. The van der Waals surface area contributed by atoms with Gasteiger partial charge in [-0.05, 0) is 31.0 Å². The molecular formula is C17H18ClN3. The fourth-order valence-electron chi connectivity index (χ4n) is 2.89. The second kappa shape index (κ2) is 5.86. The Bertz CT molecular complexity index is 764. The van der Waals surface area contributed by atoms with Crippen LogP contribution < -0.4 is 0 Å². The molecule has 3 aromatic rings. The average Bonchev–Trinajstić information content (AvgIpc) is 2.85. The molecule has 3 rings (SSSR count). The Hall–Kier alpha value is -1.87. The quantitative estimate of drug-likeness (QED) is 0.678. The third-order valence-electron chi connectivity index (χ3n) is 3.91. The fourth-order valence-corrected chi connectivity index (χ4v) is 3.06. The van der Waals surface area contributed by atoms with Gasteiger partial charge in [-0.1, -0.05) is 24.3 Å². The monoisotopic (exact) mass is 299 g/mol. The summed E-state index contributed by atoms with van der Waals surface area (Å²) in [6.07, 6.45) is 4.39. The summed E-state index contributed by atoms with van der Waals surface area (Å²) < 4.78 is 2.28. The van der Waals surface area contributed by atoms with Crippen LogP contribution >= 0.6 is 11.6 Å². The molecule has 4 heteroatoms. The lowest BCUT2D eigenvalue weighted by Gasteiger charge is -2.19. The van der Waals surface area contributed by atoms with E-state index >= 15 is 0 Å². The largest absolute Gasteiger partial charge is 0.320 e. The molecule has 0 N–H and O–H groups in total. The highest BCUT2D eigenvalue weighted by molar-refractivity contribution is 6.17. The van der Waals surface area contributed by atoms with Gasteiger partial charge in [0.15, 0.2) is 0 Å². The Kier molecular flexibility index (Phi) is 3.93. The van der Waals surface area contributed by atoms with Gasteiger partial charge in [0.2, 0.25) is 0 Å². The Balaban J connectivity index is 2.18. The van der Waals surface area contributed by atoms with Crippen LogP contribution in [0.5, 0.6) is 0 Å². The van der Waals surface area contributed by atoms with Gasteiger partial charge >= 0.3 is 0 Å². The van der Waals surface area contributed by atoms with Gasteiger partial charge in [-0.15, -0.1) is 11.6 Å². The molecular weight excluding hydrogens is 282 g/mol. The van der Waals surface area contributed by atoms with Crippen molar-refractivity contribution in [3.8, 4) is 0 Å². The van der Waals surface area contributed by atoms with E-state index < -0.39 is 0 Å². The first-order valence-electron chi connectivity index (χ1n) is 7.14. The lowest BCUT2D eigenvalue weighted by Crippen LogP contribution is -2.12. The number of aryl methyl sites for hydroxylation is 2.